The van der Waals surface area contributed by atoms with Crippen molar-refractivity contribution < 1.29 is 0 Å². The molecule has 0 aliphatic heterocycles. The number of aromatic nitrogens is 4. The lowest BCUT2D eigenvalue weighted by molar-refractivity contribution is 0.669. The molecule has 2 aromatic rings. The minimum atomic E-state index is 0.716. The Bertz CT molecular complexity index is 597. The summed E-state index contributed by atoms with van der Waals surface area (Å²) in [7, 11) is 1.93. The van der Waals surface area contributed by atoms with Crippen LogP contribution in [0.1, 0.15) is 29.6 Å². The van der Waals surface area contributed by atoms with E-state index in [0.717, 1.165) is 41.6 Å². The Morgan fingerprint density at radius 3 is 2.37 bits per heavy atom. The molecule has 0 aliphatic rings. The minimum Gasteiger partial charge on any atom is -0.313 e. The lowest BCUT2D eigenvalue weighted by Crippen LogP contribution is -2.15. The molecule has 0 atom stereocenters. The number of halogens is 1. The number of aryl methyl sites for hydroxylation is 3. The molecule has 0 saturated carbocycles. The van der Waals surface area contributed by atoms with E-state index in [1.165, 1.54) is 0 Å². The van der Waals surface area contributed by atoms with Crippen LogP contribution in [0, 0.1) is 20.8 Å². The van der Waals surface area contributed by atoms with Gasteiger partial charge in [-0.2, -0.15) is 10.2 Å². The summed E-state index contributed by atoms with van der Waals surface area (Å²) < 4.78 is 3.74. The highest BCUT2D eigenvalue weighted by Crippen LogP contribution is 2.25. The first kappa shape index (κ1) is 14.1. The topological polar surface area (TPSA) is 47.7 Å². The summed E-state index contributed by atoms with van der Waals surface area (Å²) in [5, 5.41) is 13.1. The van der Waals surface area contributed by atoms with Crippen molar-refractivity contribution in [2.24, 2.45) is 7.05 Å². The van der Waals surface area contributed by atoms with E-state index in [1.54, 1.807) is 0 Å². The second-order valence-corrected chi connectivity index (χ2v) is 5.07. The van der Waals surface area contributed by atoms with Gasteiger partial charge in [-0.3, -0.25) is 4.68 Å². The quantitative estimate of drug-likeness (QED) is 0.935. The van der Waals surface area contributed by atoms with Crippen molar-refractivity contribution >= 4 is 11.6 Å². The Hall–Kier alpha value is -1.33. The van der Waals surface area contributed by atoms with E-state index in [4.69, 9.17) is 11.6 Å². The molecule has 1 N–H and O–H groups in total. The van der Waals surface area contributed by atoms with Gasteiger partial charge < -0.3 is 5.32 Å². The molecule has 5 nitrogen and oxygen atoms in total. The smallest absolute Gasteiger partial charge is 0.156 e. The van der Waals surface area contributed by atoms with Gasteiger partial charge in [0.25, 0.3) is 0 Å². The third kappa shape index (κ3) is 2.40. The summed E-state index contributed by atoms with van der Waals surface area (Å²) in [4.78, 5) is 0. The summed E-state index contributed by atoms with van der Waals surface area (Å²) >= 11 is 6.24. The zero-order valence-electron chi connectivity index (χ0n) is 12.1. The van der Waals surface area contributed by atoms with Crippen LogP contribution in [0.15, 0.2) is 0 Å². The van der Waals surface area contributed by atoms with Gasteiger partial charge in [0, 0.05) is 19.2 Å². The molecule has 2 rings (SSSR count). The van der Waals surface area contributed by atoms with Gasteiger partial charge in [0.1, 0.15) is 0 Å². The Labute approximate surface area is 118 Å². The van der Waals surface area contributed by atoms with Gasteiger partial charge in [-0.25, -0.2) is 4.68 Å². The second kappa shape index (κ2) is 5.35. The van der Waals surface area contributed by atoms with Crippen molar-refractivity contribution in [3.05, 3.63) is 27.7 Å². The third-order valence-electron chi connectivity index (χ3n) is 3.27. The summed E-state index contributed by atoms with van der Waals surface area (Å²) in [5.74, 6) is 0.978. The fraction of sp³-hybridized carbons (Fsp3) is 0.538. The van der Waals surface area contributed by atoms with Crippen LogP contribution in [0.4, 0.5) is 0 Å². The highest BCUT2D eigenvalue weighted by molar-refractivity contribution is 6.31. The summed E-state index contributed by atoms with van der Waals surface area (Å²) in [6, 6.07) is 0. The van der Waals surface area contributed by atoms with Crippen LogP contribution in [0.2, 0.25) is 5.02 Å². The molecule has 0 aliphatic carbocycles. The van der Waals surface area contributed by atoms with Gasteiger partial charge in [0.05, 0.1) is 22.1 Å². The van der Waals surface area contributed by atoms with Gasteiger partial charge >= 0.3 is 0 Å². The number of nitrogens with one attached hydrogen (secondary N) is 1. The molecule has 6 heteroatoms. The van der Waals surface area contributed by atoms with E-state index in [2.05, 4.69) is 22.4 Å². The Morgan fingerprint density at radius 2 is 1.84 bits per heavy atom. The fourth-order valence-corrected chi connectivity index (χ4v) is 2.36. The zero-order valence-corrected chi connectivity index (χ0v) is 12.8. The van der Waals surface area contributed by atoms with Gasteiger partial charge in [-0.1, -0.05) is 18.5 Å². The SMILES string of the molecule is CCNCc1c(C)nn(C)c1-n1nc(C)c(Cl)c1C. The standard InChI is InChI=1S/C13H20ClN5/c1-6-15-7-11-8(2)16-18(5)13(11)19-10(4)12(14)9(3)17-19/h15H,6-7H2,1-5H3. The van der Waals surface area contributed by atoms with Crippen LogP contribution < -0.4 is 5.32 Å². The second-order valence-electron chi connectivity index (χ2n) is 4.69. The van der Waals surface area contributed by atoms with Crippen LogP contribution in [0.25, 0.3) is 5.82 Å². The largest absolute Gasteiger partial charge is 0.313 e. The molecular weight excluding hydrogens is 262 g/mol. The first-order valence-corrected chi connectivity index (χ1v) is 6.80. The molecule has 2 heterocycles. The van der Waals surface area contributed by atoms with E-state index in [9.17, 15) is 0 Å². The minimum absolute atomic E-state index is 0.716. The van der Waals surface area contributed by atoms with Crippen molar-refractivity contribution in [3.8, 4) is 5.82 Å². The summed E-state index contributed by atoms with van der Waals surface area (Å²) in [6.07, 6.45) is 0. The average molecular weight is 282 g/mol. The van der Waals surface area contributed by atoms with Crippen LogP contribution in [0.3, 0.4) is 0 Å². The van der Waals surface area contributed by atoms with Gasteiger partial charge in [-0.05, 0) is 27.3 Å². The van der Waals surface area contributed by atoms with Crippen LogP contribution in [0.5, 0.6) is 0 Å². The molecule has 104 valence electrons. The predicted octanol–water partition coefficient (Wildman–Crippen LogP) is 2.29. The van der Waals surface area contributed by atoms with Gasteiger partial charge in [0.15, 0.2) is 5.82 Å². The number of nitrogens with zero attached hydrogens (tertiary/aromatic N) is 4. The van der Waals surface area contributed by atoms with Crippen molar-refractivity contribution in [1.82, 2.24) is 24.9 Å². The van der Waals surface area contributed by atoms with E-state index in [0.29, 0.717) is 5.02 Å². The molecule has 0 amide bonds. The van der Waals surface area contributed by atoms with Crippen molar-refractivity contribution in [1.29, 1.82) is 0 Å². The normalized spacial score (nSPS) is 11.3. The number of rotatable bonds is 4. The first-order valence-electron chi connectivity index (χ1n) is 6.42. The van der Waals surface area contributed by atoms with Gasteiger partial charge in [0.2, 0.25) is 0 Å². The Balaban J connectivity index is 2.57. The van der Waals surface area contributed by atoms with Crippen LogP contribution in [-0.4, -0.2) is 26.1 Å². The predicted molar refractivity (Wildman–Crippen MR) is 76.9 cm³/mol. The van der Waals surface area contributed by atoms with Crippen molar-refractivity contribution in [2.75, 3.05) is 6.54 Å². The first-order chi connectivity index (χ1) is 8.97. The highest BCUT2D eigenvalue weighted by atomic mass is 35.5. The monoisotopic (exact) mass is 281 g/mol. The fourth-order valence-electron chi connectivity index (χ4n) is 2.24. The number of hydrogen-bond donors (Lipinski definition) is 1. The molecule has 0 fully saturated rings. The van der Waals surface area contributed by atoms with E-state index in [-0.39, 0.29) is 0 Å². The molecule has 19 heavy (non-hydrogen) atoms. The van der Waals surface area contributed by atoms with Crippen LogP contribution in [-0.2, 0) is 13.6 Å². The maximum atomic E-state index is 6.24. The maximum absolute atomic E-state index is 6.24. The molecule has 0 unspecified atom stereocenters. The van der Waals surface area contributed by atoms with E-state index in [1.807, 2.05) is 37.2 Å². The molecule has 0 saturated heterocycles. The molecule has 0 spiro atoms. The molecule has 0 aromatic carbocycles. The lowest BCUT2D eigenvalue weighted by atomic mass is 10.2. The number of hydrogen-bond acceptors (Lipinski definition) is 3. The molecule has 0 bridgehead atoms. The Morgan fingerprint density at radius 1 is 1.16 bits per heavy atom. The summed E-state index contributed by atoms with van der Waals surface area (Å²) in [5.41, 5.74) is 3.96. The Kier molecular flexibility index (Phi) is 3.96. The average Bonchev–Trinajstić information content (AvgIpc) is 2.78. The van der Waals surface area contributed by atoms with Crippen molar-refractivity contribution in [3.63, 3.8) is 0 Å². The van der Waals surface area contributed by atoms with Gasteiger partial charge in [-0.15, -0.1) is 0 Å². The van der Waals surface area contributed by atoms with Crippen molar-refractivity contribution in [2.45, 2.75) is 34.2 Å². The van der Waals surface area contributed by atoms with E-state index >= 15 is 0 Å². The maximum Gasteiger partial charge on any atom is 0.156 e. The molecule has 0 radical (unpaired) electrons. The third-order valence-corrected chi connectivity index (χ3v) is 3.82. The lowest BCUT2D eigenvalue weighted by Gasteiger charge is -2.09. The van der Waals surface area contributed by atoms with Crippen LogP contribution >= 0.6 is 11.6 Å². The highest BCUT2D eigenvalue weighted by Gasteiger charge is 2.19. The molecule has 2 aromatic heterocycles. The molecular formula is C13H20ClN5. The van der Waals surface area contributed by atoms with E-state index < -0.39 is 0 Å². The zero-order chi connectivity index (χ0) is 14.2. The summed E-state index contributed by atoms with van der Waals surface area (Å²) in [6.45, 7) is 9.70.